The number of nitrogens with two attached hydrogens (primary N) is 1. The van der Waals surface area contributed by atoms with Crippen molar-refractivity contribution in [2.45, 2.75) is 6.92 Å². The number of nitrogens with zero attached hydrogens (tertiary/aromatic N) is 4. The molecule has 0 amide bonds. The highest BCUT2D eigenvalue weighted by atomic mass is 35.5. The van der Waals surface area contributed by atoms with E-state index < -0.39 is 0 Å². The number of pyridine rings is 1. The van der Waals surface area contributed by atoms with E-state index >= 15 is 0 Å². The van der Waals surface area contributed by atoms with Crippen LogP contribution in [-0.2, 0) is 0 Å². The summed E-state index contributed by atoms with van der Waals surface area (Å²) in [5.74, 6) is 1.63. The quantitative estimate of drug-likeness (QED) is 0.784. The Labute approximate surface area is 131 Å². The predicted octanol–water partition coefficient (Wildman–Crippen LogP) is 3.53. The molecule has 0 unspecified atom stereocenters. The van der Waals surface area contributed by atoms with E-state index in [4.69, 9.17) is 28.9 Å². The molecule has 0 saturated carbocycles. The average molecular weight is 320 g/mol. The van der Waals surface area contributed by atoms with Gasteiger partial charge >= 0.3 is 0 Å². The highest BCUT2D eigenvalue weighted by Crippen LogP contribution is 2.33. The lowest BCUT2D eigenvalue weighted by Crippen LogP contribution is -2.03. The summed E-state index contributed by atoms with van der Waals surface area (Å²) in [4.78, 5) is 4.08. The fourth-order valence-electron chi connectivity index (χ4n) is 2.10. The largest absolute Gasteiger partial charge is 0.383 e. The van der Waals surface area contributed by atoms with Gasteiger partial charge in [-0.05, 0) is 31.2 Å². The molecule has 2 aromatic heterocycles. The Hall–Kier alpha value is -2.11. The topological polar surface area (TPSA) is 69.6 Å². The molecule has 3 rings (SSSR count). The molecule has 0 atom stereocenters. The SMILES string of the molecule is Cc1nnc(-c2cccnc2N)n1-c1cccc(Cl)c1Cl. The second kappa shape index (κ2) is 5.35. The molecule has 0 radical (unpaired) electrons. The zero-order valence-electron chi connectivity index (χ0n) is 11.1. The molecule has 0 bridgehead atoms. The average Bonchev–Trinajstić information content (AvgIpc) is 2.84. The van der Waals surface area contributed by atoms with Gasteiger partial charge in [0.2, 0.25) is 0 Å². The maximum Gasteiger partial charge on any atom is 0.172 e. The van der Waals surface area contributed by atoms with Crippen LogP contribution in [0.4, 0.5) is 5.82 Å². The summed E-state index contributed by atoms with van der Waals surface area (Å²) in [6, 6.07) is 9.02. The summed E-state index contributed by atoms with van der Waals surface area (Å²) in [6.45, 7) is 1.83. The van der Waals surface area contributed by atoms with Gasteiger partial charge in [0.05, 0.1) is 21.3 Å². The van der Waals surface area contributed by atoms with Crippen LogP contribution in [0.25, 0.3) is 17.1 Å². The molecule has 3 aromatic rings. The standard InChI is InChI=1S/C14H11Cl2N5/c1-8-19-20-14(9-4-3-7-18-13(9)17)21(8)11-6-2-5-10(15)12(11)16/h2-7H,1H3,(H2,17,18). The van der Waals surface area contributed by atoms with Crippen molar-refractivity contribution in [3.05, 3.63) is 52.4 Å². The van der Waals surface area contributed by atoms with Crippen molar-refractivity contribution < 1.29 is 0 Å². The third-order valence-corrected chi connectivity index (χ3v) is 3.89. The molecule has 0 saturated heterocycles. The van der Waals surface area contributed by atoms with Gasteiger partial charge in [0.25, 0.3) is 0 Å². The molecule has 0 aliphatic carbocycles. The first-order valence-corrected chi connectivity index (χ1v) is 6.92. The van der Waals surface area contributed by atoms with Gasteiger partial charge in [-0.2, -0.15) is 0 Å². The molecule has 0 aliphatic heterocycles. The lowest BCUT2D eigenvalue weighted by Gasteiger charge is -2.12. The van der Waals surface area contributed by atoms with Crippen LogP contribution in [0.5, 0.6) is 0 Å². The number of rotatable bonds is 2. The van der Waals surface area contributed by atoms with E-state index in [1.165, 1.54) is 0 Å². The number of benzene rings is 1. The Bertz CT molecular complexity index is 813. The fourth-order valence-corrected chi connectivity index (χ4v) is 2.48. The van der Waals surface area contributed by atoms with Crippen molar-refractivity contribution >= 4 is 29.0 Å². The maximum atomic E-state index is 6.30. The number of anilines is 1. The molecule has 7 heteroatoms. The molecule has 5 nitrogen and oxygen atoms in total. The first-order valence-electron chi connectivity index (χ1n) is 6.17. The number of hydrogen-bond acceptors (Lipinski definition) is 4. The van der Waals surface area contributed by atoms with E-state index in [9.17, 15) is 0 Å². The van der Waals surface area contributed by atoms with Gasteiger partial charge in [-0.15, -0.1) is 10.2 Å². The highest BCUT2D eigenvalue weighted by Gasteiger charge is 2.18. The monoisotopic (exact) mass is 319 g/mol. The zero-order valence-corrected chi connectivity index (χ0v) is 12.6. The third-order valence-electron chi connectivity index (χ3n) is 3.08. The molecule has 106 valence electrons. The number of aromatic nitrogens is 4. The van der Waals surface area contributed by atoms with Gasteiger partial charge < -0.3 is 5.73 Å². The Morgan fingerprint density at radius 1 is 1.10 bits per heavy atom. The molecule has 2 N–H and O–H groups in total. The van der Waals surface area contributed by atoms with Crippen LogP contribution in [-0.4, -0.2) is 19.7 Å². The van der Waals surface area contributed by atoms with Crippen molar-refractivity contribution in [1.82, 2.24) is 19.7 Å². The summed E-state index contributed by atoms with van der Waals surface area (Å²) in [7, 11) is 0. The molecule has 0 fully saturated rings. The molecular formula is C14H11Cl2N5. The van der Waals surface area contributed by atoms with E-state index in [2.05, 4.69) is 15.2 Å². The van der Waals surface area contributed by atoms with Gasteiger partial charge in [0.15, 0.2) is 5.82 Å². The summed E-state index contributed by atoms with van der Waals surface area (Å²) in [5, 5.41) is 9.20. The number of aryl methyl sites for hydroxylation is 1. The van der Waals surface area contributed by atoms with Crippen LogP contribution >= 0.6 is 23.2 Å². The molecular weight excluding hydrogens is 309 g/mol. The Kier molecular flexibility index (Phi) is 3.53. The first kappa shape index (κ1) is 13.9. The zero-order chi connectivity index (χ0) is 15.0. The summed E-state index contributed by atoms with van der Waals surface area (Å²) in [5.41, 5.74) is 7.31. The second-order valence-corrected chi connectivity index (χ2v) is 5.20. The Morgan fingerprint density at radius 2 is 1.90 bits per heavy atom. The number of nitrogen functional groups attached to an aromatic ring is 1. The van der Waals surface area contributed by atoms with Gasteiger partial charge in [-0.3, -0.25) is 4.57 Å². The minimum absolute atomic E-state index is 0.379. The first-order chi connectivity index (χ1) is 10.1. The lowest BCUT2D eigenvalue weighted by molar-refractivity contribution is 0.972. The lowest BCUT2D eigenvalue weighted by atomic mass is 10.2. The van der Waals surface area contributed by atoms with Crippen LogP contribution in [0, 0.1) is 6.92 Å². The predicted molar refractivity (Wildman–Crippen MR) is 83.8 cm³/mol. The maximum absolute atomic E-state index is 6.30. The minimum Gasteiger partial charge on any atom is -0.383 e. The van der Waals surface area contributed by atoms with Gasteiger partial charge in [0.1, 0.15) is 11.6 Å². The number of hydrogen-bond donors (Lipinski definition) is 1. The van der Waals surface area contributed by atoms with Gasteiger partial charge in [-0.1, -0.05) is 29.3 Å². The summed E-state index contributed by atoms with van der Waals surface area (Å²) >= 11 is 12.4. The van der Waals surface area contributed by atoms with Crippen LogP contribution in [0.3, 0.4) is 0 Å². The summed E-state index contributed by atoms with van der Waals surface area (Å²) < 4.78 is 1.81. The van der Waals surface area contributed by atoms with E-state index in [0.717, 1.165) is 0 Å². The van der Waals surface area contributed by atoms with E-state index in [1.807, 2.05) is 29.7 Å². The van der Waals surface area contributed by atoms with Gasteiger partial charge in [0, 0.05) is 6.20 Å². The fraction of sp³-hybridized carbons (Fsp3) is 0.0714. The minimum atomic E-state index is 0.379. The molecule has 0 spiro atoms. The van der Waals surface area contributed by atoms with Crippen LogP contribution in [0.15, 0.2) is 36.5 Å². The van der Waals surface area contributed by atoms with E-state index in [0.29, 0.717) is 38.8 Å². The van der Waals surface area contributed by atoms with Crippen molar-refractivity contribution in [2.24, 2.45) is 0 Å². The number of halogens is 2. The Morgan fingerprint density at radius 3 is 2.67 bits per heavy atom. The highest BCUT2D eigenvalue weighted by molar-refractivity contribution is 6.43. The third kappa shape index (κ3) is 2.34. The van der Waals surface area contributed by atoms with Crippen molar-refractivity contribution in [1.29, 1.82) is 0 Å². The molecule has 0 aliphatic rings. The molecule has 1 aromatic carbocycles. The van der Waals surface area contributed by atoms with Crippen LogP contribution in [0.1, 0.15) is 5.82 Å². The smallest absolute Gasteiger partial charge is 0.172 e. The van der Waals surface area contributed by atoms with Crippen LogP contribution in [0.2, 0.25) is 10.0 Å². The second-order valence-electron chi connectivity index (χ2n) is 4.42. The van der Waals surface area contributed by atoms with Crippen LogP contribution < -0.4 is 5.73 Å². The van der Waals surface area contributed by atoms with E-state index in [1.54, 1.807) is 18.3 Å². The summed E-state index contributed by atoms with van der Waals surface area (Å²) in [6.07, 6.45) is 1.62. The van der Waals surface area contributed by atoms with E-state index in [-0.39, 0.29) is 0 Å². The van der Waals surface area contributed by atoms with Crippen molar-refractivity contribution in [3.63, 3.8) is 0 Å². The van der Waals surface area contributed by atoms with Crippen molar-refractivity contribution in [2.75, 3.05) is 5.73 Å². The normalized spacial score (nSPS) is 10.8. The van der Waals surface area contributed by atoms with Gasteiger partial charge in [-0.25, -0.2) is 4.98 Å². The Balaban J connectivity index is 2.28. The molecule has 2 heterocycles. The molecule has 21 heavy (non-hydrogen) atoms. The van der Waals surface area contributed by atoms with Crippen molar-refractivity contribution in [3.8, 4) is 17.1 Å².